The quantitative estimate of drug-likeness (QED) is 0.752. The second-order valence-corrected chi connectivity index (χ2v) is 4.64. The van der Waals surface area contributed by atoms with Gasteiger partial charge in [-0.2, -0.15) is 0 Å². The van der Waals surface area contributed by atoms with Gasteiger partial charge >= 0.3 is 5.97 Å². The SMILES string of the molecule is COC(=O)c1cc(Oc2n[nH]c(=O)c3ccccc23)ccc1F. The maximum atomic E-state index is 13.6. The number of carbonyl (C=O) groups is 1. The standard InChI is InChI=1S/C16H11FN2O4/c1-22-16(21)12-8-9(6-7-13(12)17)23-15-11-5-3-2-4-10(11)14(20)18-19-15/h2-8H,1H3,(H,18,20). The lowest BCUT2D eigenvalue weighted by Gasteiger charge is -2.08. The molecule has 0 bridgehead atoms. The number of hydrogen-bond donors (Lipinski definition) is 1. The van der Waals surface area contributed by atoms with Crippen molar-refractivity contribution in [2.75, 3.05) is 7.11 Å². The molecule has 7 heteroatoms. The number of nitrogens with zero attached hydrogens (tertiary/aromatic N) is 1. The molecule has 1 aromatic heterocycles. The highest BCUT2D eigenvalue weighted by Gasteiger charge is 2.15. The van der Waals surface area contributed by atoms with E-state index in [4.69, 9.17) is 4.74 Å². The number of nitrogens with one attached hydrogen (secondary N) is 1. The van der Waals surface area contributed by atoms with Crippen LogP contribution in [0.5, 0.6) is 11.6 Å². The first-order chi connectivity index (χ1) is 11.1. The molecule has 116 valence electrons. The molecule has 0 saturated carbocycles. The van der Waals surface area contributed by atoms with Crippen LogP contribution in [-0.4, -0.2) is 23.3 Å². The highest BCUT2D eigenvalue weighted by molar-refractivity contribution is 5.90. The number of H-pyrrole nitrogens is 1. The summed E-state index contributed by atoms with van der Waals surface area (Å²) in [6, 6.07) is 10.4. The summed E-state index contributed by atoms with van der Waals surface area (Å²) in [6.07, 6.45) is 0. The Morgan fingerprint density at radius 1 is 1.17 bits per heavy atom. The van der Waals surface area contributed by atoms with E-state index in [9.17, 15) is 14.0 Å². The molecule has 0 atom stereocenters. The Kier molecular flexibility index (Phi) is 3.76. The van der Waals surface area contributed by atoms with Gasteiger partial charge in [0, 0.05) is 0 Å². The summed E-state index contributed by atoms with van der Waals surface area (Å²) >= 11 is 0. The molecule has 0 amide bonds. The van der Waals surface area contributed by atoms with Crippen molar-refractivity contribution in [2.24, 2.45) is 0 Å². The van der Waals surface area contributed by atoms with Crippen molar-refractivity contribution in [3.8, 4) is 11.6 Å². The van der Waals surface area contributed by atoms with Crippen LogP contribution in [0.1, 0.15) is 10.4 Å². The fraction of sp³-hybridized carbons (Fsp3) is 0.0625. The average Bonchev–Trinajstić information content (AvgIpc) is 2.58. The van der Waals surface area contributed by atoms with Gasteiger partial charge in [0.25, 0.3) is 5.56 Å². The van der Waals surface area contributed by atoms with Crippen LogP contribution in [0.15, 0.2) is 47.3 Å². The fourth-order valence-electron chi connectivity index (χ4n) is 2.11. The molecule has 2 aromatic carbocycles. The zero-order valence-electron chi connectivity index (χ0n) is 12.0. The Hall–Kier alpha value is -3.22. The summed E-state index contributed by atoms with van der Waals surface area (Å²) in [5.41, 5.74) is -0.596. The van der Waals surface area contributed by atoms with Gasteiger partial charge in [0.1, 0.15) is 11.6 Å². The number of methoxy groups -OCH3 is 1. The number of benzene rings is 2. The van der Waals surface area contributed by atoms with Crippen molar-refractivity contribution in [3.05, 3.63) is 64.2 Å². The van der Waals surface area contributed by atoms with Crippen molar-refractivity contribution < 1.29 is 18.7 Å². The van der Waals surface area contributed by atoms with Crippen molar-refractivity contribution in [1.29, 1.82) is 0 Å². The van der Waals surface area contributed by atoms with E-state index in [-0.39, 0.29) is 22.8 Å². The Labute approximate surface area is 129 Å². The zero-order valence-corrected chi connectivity index (χ0v) is 12.0. The number of carbonyl (C=O) groups excluding carboxylic acids is 1. The van der Waals surface area contributed by atoms with Gasteiger partial charge in [0.15, 0.2) is 0 Å². The molecule has 0 aliphatic rings. The normalized spacial score (nSPS) is 10.5. The van der Waals surface area contributed by atoms with Crippen molar-refractivity contribution >= 4 is 16.7 Å². The van der Waals surface area contributed by atoms with Crippen molar-refractivity contribution in [2.45, 2.75) is 0 Å². The van der Waals surface area contributed by atoms with Gasteiger partial charge in [-0.05, 0) is 30.3 Å². The van der Waals surface area contributed by atoms with Gasteiger partial charge in [-0.15, -0.1) is 5.10 Å². The topological polar surface area (TPSA) is 81.3 Å². The van der Waals surface area contributed by atoms with E-state index in [1.807, 2.05) is 0 Å². The van der Waals surface area contributed by atoms with Crippen LogP contribution >= 0.6 is 0 Å². The summed E-state index contributed by atoms with van der Waals surface area (Å²) in [5.74, 6) is -1.20. The molecule has 6 nitrogen and oxygen atoms in total. The highest BCUT2D eigenvalue weighted by Crippen LogP contribution is 2.27. The second-order valence-electron chi connectivity index (χ2n) is 4.64. The minimum absolute atomic E-state index is 0.141. The highest BCUT2D eigenvalue weighted by atomic mass is 19.1. The number of fused-ring (bicyclic) bond motifs is 1. The third kappa shape index (κ3) is 2.76. The maximum Gasteiger partial charge on any atom is 0.340 e. The number of rotatable bonds is 3. The van der Waals surface area contributed by atoms with Crippen LogP contribution < -0.4 is 10.3 Å². The molecule has 0 saturated heterocycles. The van der Waals surface area contributed by atoms with Gasteiger partial charge in [-0.3, -0.25) is 4.79 Å². The number of esters is 1. The average molecular weight is 314 g/mol. The van der Waals surface area contributed by atoms with Crippen molar-refractivity contribution in [3.63, 3.8) is 0 Å². The molecule has 1 heterocycles. The first kappa shape index (κ1) is 14.7. The number of halogens is 1. The minimum atomic E-state index is -0.813. The lowest BCUT2D eigenvalue weighted by atomic mass is 10.2. The van der Waals surface area contributed by atoms with Gasteiger partial charge in [-0.25, -0.2) is 14.3 Å². The first-order valence-corrected chi connectivity index (χ1v) is 6.63. The van der Waals surface area contributed by atoms with Crippen molar-refractivity contribution in [1.82, 2.24) is 10.2 Å². The molecular weight excluding hydrogens is 303 g/mol. The third-order valence-corrected chi connectivity index (χ3v) is 3.22. The van der Waals surface area contributed by atoms with Crippen LogP contribution in [0, 0.1) is 5.82 Å². The molecule has 0 aliphatic carbocycles. The summed E-state index contributed by atoms with van der Waals surface area (Å²) in [7, 11) is 1.16. The monoisotopic (exact) mass is 314 g/mol. The smallest absolute Gasteiger partial charge is 0.340 e. The minimum Gasteiger partial charge on any atom is -0.465 e. The molecule has 23 heavy (non-hydrogen) atoms. The van der Waals surface area contributed by atoms with Crippen LogP contribution in [0.4, 0.5) is 4.39 Å². The number of ether oxygens (including phenoxy) is 2. The predicted octanol–water partition coefficient (Wildman–Crippen LogP) is 2.64. The summed E-state index contributed by atoms with van der Waals surface area (Å²) in [6.45, 7) is 0. The number of aromatic amines is 1. The van der Waals surface area contributed by atoms with Crippen LogP contribution in [0.2, 0.25) is 0 Å². The maximum absolute atomic E-state index is 13.6. The lowest BCUT2D eigenvalue weighted by molar-refractivity contribution is 0.0595. The molecule has 3 aromatic rings. The van der Waals surface area contributed by atoms with E-state index >= 15 is 0 Å². The molecule has 1 N–H and O–H groups in total. The summed E-state index contributed by atoms with van der Waals surface area (Å²) < 4.78 is 23.7. The van der Waals surface area contributed by atoms with Gasteiger partial charge in [0.2, 0.25) is 5.88 Å². The molecule has 0 radical (unpaired) electrons. The molecule has 0 spiro atoms. The molecular formula is C16H11FN2O4. The van der Waals surface area contributed by atoms with E-state index in [2.05, 4.69) is 14.9 Å². The Morgan fingerprint density at radius 3 is 2.65 bits per heavy atom. The summed E-state index contributed by atoms with van der Waals surface area (Å²) in [5, 5.41) is 7.09. The fourth-order valence-corrected chi connectivity index (χ4v) is 2.11. The number of aromatic nitrogens is 2. The van der Waals surface area contributed by atoms with E-state index in [0.717, 1.165) is 13.2 Å². The van der Waals surface area contributed by atoms with E-state index in [0.29, 0.717) is 10.8 Å². The lowest BCUT2D eigenvalue weighted by Crippen LogP contribution is -2.09. The van der Waals surface area contributed by atoms with Crippen LogP contribution in [0.3, 0.4) is 0 Å². The summed E-state index contributed by atoms with van der Waals surface area (Å²) in [4.78, 5) is 23.2. The zero-order chi connectivity index (χ0) is 16.4. The molecule has 0 unspecified atom stereocenters. The Balaban J connectivity index is 2.05. The van der Waals surface area contributed by atoms with Crippen LogP contribution in [0.25, 0.3) is 10.8 Å². The van der Waals surface area contributed by atoms with Gasteiger partial charge in [0.05, 0.1) is 23.4 Å². The van der Waals surface area contributed by atoms with Crippen LogP contribution in [-0.2, 0) is 4.74 Å². The molecule has 3 rings (SSSR count). The Bertz CT molecular complexity index is 952. The molecule has 0 fully saturated rings. The van der Waals surface area contributed by atoms with Gasteiger partial charge in [-0.1, -0.05) is 12.1 Å². The second kappa shape index (κ2) is 5.88. The third-order valence-electron chi connectivity index (χ3n) is 3.22. The van der Waals surface area contributed by atoms with E-state index < -0.39 is 11.8 Å². The first-order valence-electron chi connectivity index (χ1n) is 6.63. The predicted molar refractivity (Wildman–Crippen MR) is 80.2 cm³/mol. The van der Waals surface area contributed by atoms with E-state index in [1.165, 1.54) is 12.1 Å². The van der Waals surface area contributed by atoms with Gasteiger partial charge < -0.3 is 9.47 Å². The number of hydrogen-bond acceptors (Lipinski definition) is 5. The Morgan fingerprint density at radius 2 is 1.91 bits per heavy atom. The van der Waals surface area contributed by atoms with E-state index in [1.54, 1.807) is 24.3 Å². The molecule has 0 aliphatic heterocycles. The largest absolute Gasteiger partial charge is 0.465 e.